The van der Waals surface area contributed by atoms with Crippen LogP contribution in [-0.2, 0) is 18.2 Å². The smallest absolute Gasteiger partial charge is 0.225 e. The molecule has 4 nitrogen and oxygen atoms in total. The van der Waals surface area contributed by atoms with Crippen molar-refractivity contribution in [2.75, 3.05) is 27.2 Å². The van der Waals surface area contributed by atoms with Crippen LogP contribution in [-0.4, -0.2) is 41.7 Å². The number of rotatable bonds is 7. The van der Waals surface area contributed by atoms with Crippen molar-refractivity contribution >= 4 is 0 Å². The molecular formula is C16H22FN3O. The van der Waals surface area contributed by atoms with Gasteiger partial charge in [-0.25, -0.2) is 9.37 Å². The van der Waals surface area contributed by atoms with Gasteiger partial charge >= 0.3 is 0 Å². The third-order valence-electron chi connectivity index (χ3n) is 3.33. The highest BCUT2D eigenvalue weighted by molar-refractivity contribution is 5.25. The van der Waals surface area contributed by atoms with Gasteiger partial charge in [0.05, 0.1) is 6.61 Å². The second kappa shape index (κ2) is 7.33. The van der Waals surface area contributed by atoms with Gasteiger partial charge in [0.25, 0.3) is 0 Å². The van der Waals surface area contributed by atoms with E-state index in [1.54, 1.807) is 18.3 Å². The van der Waals surface area contributed by atoms with Crippen LogP contribution in [0.1, 0.15) is 23.3 Å². The number of hydrogen-bond donors (Lipinski definition) is 0. The molecule has 0 radical (unpaired) electrons. The zero-order valence-corrected chi connectivity index (χ0v) is 12.8. The minimum absolute atomic E-state index is 0.378. The lowest BCUT2D eigenvalue weighted by Crippen LogP contribution is -2.18. The van der Waals surface area contributed by atoms with Crippen molar-refractivity contribution in [1.82, 2.24) is 14.5 Å². The van der Waals surface area contributed by atoms with E-state index in [4.69, 9.17) is 4.74 Å². The van der Waals surface area contributed by atoms with Gasteiger partial charge < -0.3 is 14.2 Å². The first-order valence-corrected chi connectivity index (χ1v) is 7.01. The number of benzene rings is 1. The van der Waals surface area contributed by atoms with Crippen LogP contribution >= 0.6 is 0 Å². The first-order valence-electron chi connectivity index (χ1n) is 7.01. The molecule has 0 bridgehead atoms. The maximum Gasteiger partial charge on any atom is 0.225 e. The van der Waals surface area contributed by atoms with Crippen LogP contribution < -0.4 is 0 Å². The monoisotopic (exact) mass is 291 g/mol. The highest BCUT2D eigenvalue weighted by atomic mass is 19.1. The van der Waals surface area contributed by atoms with Gasteiger partial charge in [-0.2, -0.15) is 0 Å². The minimum atomic E-state index is -1.37. The van der Waals surface area contributed by atoms with Crippen LogP contribution in [0.25, 0.3) is 0 Å². The summed E-state index contributed by atoms with van der Waals surface area (Å²) in [6.45, 7) is 1.08. The summed E-state index contributed by atoms with van der Waals surface area (Å²) < 4.78 is 21.1. The summed E-state index contributed by atoms with van der Waals surface area (Å²) in [5.74, 6) is 0.988. The molecule has 0 aliphatic carbocycles. The number of hydrogen-bond acceptors (Lipinski definition) is 3. The average Bonchev–Trinajstić information content (AvgIpc) is 2.84. The fourth-order valence-electron chi connectivity index (χ4n) is 1.97. The second-order valence-electron chi connectivity index (χ2n) is 5.36. The van der Waals surface area contributed by atoms with Gasteiger partial charge in [-0.05, 0) is 19.7 Å². The maximum absolute atomic E-state index is 13.9. The SMILES string of the molecule is CN(C)CCOC(F)c1ccc(Cc2nccn2C)cc1. The van der Waals surface area contributed by atoms with Crippen LogP contribution in [0, 0.1) is 0 Å². The van der Waals surface area contributed by atoms with Gasteiger partial charge in [0.1, 0.15) is 5.82 Å². The molecular weight excluding hydrogens is 269 g/mol. The fraction of sp³-hybridized carbons (Fsp3) is 0.438. The van der Waals surface area contributed by atoms with Gasteiger partial charge in [0.15, 0.2) is 0 Å². The second-order valence-corrected chi connectivity index (χ2v) is 5.36. The predicted octanol–water partition coefficient (Wildman–Crippen LogP) is 2.56. The number of ether oxygens (including phenoxy) is 1. The first-order chi connectivity index (χ1) is 10.1. The Labute approximate surface area is 125 Å². The van der Waals surface area contributed by atoms with Crippen LogP contribution in [0.4, 0.5) is 4.39 Å². The van der Waals surface area contributed by atoms with Gasteiger partial charge in [-0.1, -0.05) is 24.3 Å². The summed E-state index contributed by atoms with van der Waals surface area (Å²) in [6.07, 6.45) is 3.06. The number of halogens is 1. The molecule has 0 amide bonds. The Balaban J connectivity index is 1.90. The molecule has 0 fully saturated rings. The van der Waals surface area contributed by atoms with E-state index in [0.717, 1.165) is 17.8 Å². The molecule has 2 aromatic rings. The number of likely N-dealkylation sites (N-methyl/N-ethyl adjacent to an activating group) is 1. The number of imidazole rings is 1. The van der Waals surface area contributed by atoms with Crippen LogP contribution in [0.15, 0.2) is 36.7 Å². The summed E-state index contributed by atoms with van der Waals surface area (Å²) in [5, 5.41) is 0. The lowest BCUT2D eigenvalue weighted by Gasteiger charge is -2.13. The van der Waals surface area contributed by atoms with Crippen LogP contribution in [0.2, 0.25) is 0 Å². The van der Waals surface area contributed by atoms with Crippen molar-refractivity contribution in [3.05, 3.63) is 53.6 Å². The molecule has 1 atom stereocenters. The molecule has 114 valence electrons. The Morgan fingerprint density at radius 2 is 2.00 bits per heavy atom. The molecule has 1 aromatic carbocycles. The molecule has 0 saturated carbocycles. The lowest BCUT2D eigenvalue weighted by molar-refractivity contribution is -0.0450. The third kappa shape index (κ3) is 4.65. The lowest BCUT2D eigenvalue weighted by atomic mass is 10.1. The van der Waals surface area contributed by atoms with Crippen LogP contribution in [0.3, 0.4) is 0 Å². The molecule has 0 aliphatic rings. The molecule has 1 unspecified atom stereocenters. The molecule has 21 heavy (non-hydrogen) atoms. The van der Waals surface area contributed by atoms with Crippen molar-refractivity contribution < 1.29 is 9.13 Å². The molecule has 0 aliphatic heterocycles. The van der Waals surface area contributed by atoms with Gasteiger partial charge in [-0.15, -0.1) is 0 Å². The Bertz CT molecular complexity index is 551. The standard InChI is InChI=1S/C16H22FN3O/c1-19(2)10-11-21-16(17)14-6-4-13(5-7-14)12-15-18-8-9-20(15)3/h4-9,16H,10-12H2,1-3H3. The maximum atomic E-state index is 13.9. The van der Waals surface area contributed by atoms with Crippen LogP contribution in [0.5, 0.6) is 0 Å². The van der Waals surface area contributed by atoms with Crippen molar-refractivity contribution in [3.8, 4) is 0 Å². The summed E-state index contributed by atoms with van der Waals surface area (Å²) in [7, 11) is 5.83. The van der Waals surface area contributed by atoms with E-state index in [0.29, 0.717) is 18.7 Å². The van der Waals surface area contributed by atoms with E-state index in [1.165, 1.54) is 0 Å². The topological polar surface area (TPSA) is 30.3 Å². The zero-order valence-electron chi connectivity index (χ0n) is 12.8. The quantitative estimate of drug-likeness (QED) is 0.785. The minimum Gasteiger partial charge on any atom is -0.343 e. The first kappa shape index (κ1) is 15.7. The molecule has 1 aromatic heterocycles. The highest BCUT2D eigenvalue weighted by Crippen LogP contribution is 2.20. The Morgan fingerprint density at radius 1 is 1.29 bits per heavy atom. The number of alkyl halides is 1. The molecule has 0 saturated heterocycles. The van der Waals surface area contributed by atoms with E-state index >= 15 is 0 Å². The van der Waals surface area contributed by atoms with E-state index in [9.17, 15) is 4.39 Å². The Hall–Kier alpha value is -1.72. The van der Waals surface area contributed by atoms with Gasteiger partial charge in [0.2, 0.25) is 6.36 Å². The molecule has 0 spiro atoms. The summed E-state index contributed by atoms with van der Waals surface area (Å²) >= 11 is 0. The molecule has 0 N–H and O–H groups in total. The van der Waals surface area contributed by atoms with Crippen molar-refractivity contribution in [3.63, 3.8) is 0 Å². The zero-order chi connectivity index (χ0) is 15.2. The molecule has 5 heteroatoms. The largest absolute Gasteiger partial charge is 0.343 e. The summed E-state index contributed by atoms with van der Waals surface area (Å²) in [5.41, 5.74) is 1.66. The molecule has 2 rings (SSSR count). The Morgan fingerprint density at radius 3 is 2.57 bits per heavy atom. The number of aromatic nitrogens is 2. The van der Waals surface area contributed by atoms with E-state index in [-0.39, 0.29) is 0 Å². The number of aryl methyl sites for hydroxylation is 1. The Kier molecular flexibility index (Phi) is 5.47. The van der Waals surface area contributed by atoms with E-state index < -0.39 is 6.36 Å². The summed E-state index contributed by atoms with van der Waals surface area (Å²) in [4.78, 5) is 6.25. The van der Waals surface area contributed by atoms with E-state index in [1.807, 2.05) is 48.9 Å². The van der Waals surface area contributed by atoms with Gasteiger partial charge in [-0.3, -0.25) is 0 Å². The average molecular weight is 291 g/mol. The van der Waals surface area contributed by atoms with Crippen molar-refractivity contribution in [1.29, 1.82) is 0 Å². The van der Waals surface area contributed by atoms with Crippen molar-refractivity contribution in [2.24, 2.45) is 7.05 Å². The number of nitrogens with zero attached hydrogens (tertiary/aromatic N) is 3. The fourth-order valence-corrected chi connectivity index (χ4v) is 1.97. The van der Waals surface area contributed by atoms with Crippen molar-refractivity contribution in [2.45, 2.75) is 12.8 Å². The predicted molar refractivity (Wildman–Crippen MR) is 80.8 cm³/mol. The third-order valence-corrected chi connectivity index (χ3v) is 3.33. The van der Waals surface area contributed by atoms with Gasteiger partial charge in [0, 0.05) is 38.0 Å². The molecule has 1 heterocycles. The normalized spacial score (nSPS) is 12.8. The summed E-state index contributed by atoms with van der Waals surface area (Å²) in [6, 6.07) is 7.40. The highest BCUT2D eigenvalue weighted by Gasteiger charge is 2.10. The van der Waals surface area contributed by atoms with E-state index in [2.05, 4.69) is 4.98 Å².